The van der Waals surface area contributed by atoms with Gasteiger partial charge in [0.05, 0.1) is 25.6 Å². The lowest BCUT2D eigenvalue weighted by molar-refractivity contribution is -0.143. The van der Waals surface area contributed by atoms with Crippen LogP contribution in [0.3, 0.4) is 0 Å². The van der Waals surface area contributed by atoms with E-state index in [1.54, 1.807) is 38.1 Å². The van der Waals surface area contributed by atoms with Crippen molar-refractivity contribution in [1.82, 2.24) is 31.9 Å². The number of esters is 1. The third kappa shape index (κ3) is 14.0. The van der Waals surface area contributed by atoms with Gasteiger partial charge in [-0.05, 0) is 43.6 Å². The highest BCUT2D eigenvalue weighted by molar-refractivity contribution is 8.00. The first-order chi connectivity index (χ1) is 24.9. The first-order valence-corrected chi connectivity index (χ1v) is 18.6. The first-order valence-electron chi connectivity index (χ1n) is 17.6. The zero-order chi connectivity index (χ0) is 38.0. The zero-order valence-corrected chi connectivity index (χ0v) is 30.7. The summed E-state index contributed by atoms with van der Waals surface area (Å²) in [5.41, 5.74) is 0.746. The number of carbonyl (C=O) groups is 7. The highest BCUT2D eigenvalue weighted by Gasteiger charge is 2.42. The molecule has 6 amide bonds. The number of carbonyl (C=O) groups excluding carboxylic acids is 7. The third-order valence-corrected chi connectivity index (χ3v) is 10.3. The molecule has 2 aliphatic heterocycles. The lowest BCUT2D eigenvalue weighted by Gasteiger charge is -2.26. The van der Waals surface area contributed by atoms with Crippen LogP contribution in [-0.2, 0) is 40.1 Å². The van der Waals surface area contributed by atoms with Gasteiger partial charge in [0, 0.05) is 24.0 Å². The summed E-state index contributed by atoms with van der Waals surface area (Å²) < 4.78 is 23.1. The van der Waals surface area contributed by atoms with Crippen molar-refractivity contribution in [2.75, 3.05) is 26.1 Å². The molecule has 2 heterocycles. The van der Waals surface area contributed by atoms with E-state index in [-0.39, 0.29) is 37.0 Å². The van der Waals surface area contributed by atoms with Gasteiger partial charge in [-0.15, -0.1) is 0 Å². The molecular formula is C35H51FN6O9S. The van der Waals surface area contributed by atoms with E-state index in [1.165, 1.54) is 0 Å². The Labute approximate surface area is 307 Å². The number of ketones is 1. The molecule has 2 fully saturated rings. The van der Waals surface area contributed by atoms with Crippen molar-refractivity contribution in [1.29, 1.82) is 0 Å². The summed E-state index contributed by atoms with van der Waals surface area (Å²) >= 11 is 1.83. The summed E-state index contributed by atoms with van der Waals surface area (Å²) in [6, 6.07) is 5.27. The molecule has 288 valence electrons. The van der Waals surface area contributed by atoms with Crippen LogP contribution in [0, 0.1) is 5.92 Å². The van der Waals surface area contributed by atoms with Gasteiger partial charge in [0.2, 0.25) is 17.7 Å². The fourth-order valence-electron chi connectivity index (χ4n) is 5.88. The minimum absolute atomic E-state index is 0.0237. The Morgan fingerprint density at radius 1 is 0.942 bits per heavy atom. The van der Waals surface area contributed by atoms with E-state index in [0.717, 1.165) is 31.3 Å². The van der Waals surface area contributed by atoms with Crippen LogP contribution in [0.15, 0.2) is 30.3 Å². The molecule has 0 bridgehead atoms. The number of urea groups is 1. The number of alkyl carbamates (subject to hydrolysis) is 1. The van der Waals surface area contributed by atoms with Crippen LogP contribution in [0.1, 0.15) is 70.8 Å². The Hall–Kier alpha value is -4.41. The number of rotatable bonds is 22. The number of unbranched alkanes of at least 4 members (excludes halogenated alkanes) is 2. The van der Waals surface area contributed by atoms with Gasteiger partial charge < -0.3 is 41.4 Å². The molecule has 0 saturated carbocycles. The summed E-state index contributed by atoms with van der Waals surface area (Å²) in [6.45, 7) is 2.25. The predicted octanol–water partition coefficient (Wildman–Crippen LogP) is 2.02. The molecule has 17 heteroatoms. The van der Waals surface area contributed by atoms with E-state index in [4.69, 9.17) is 4.74 Å². The maximum atomic E-state index is 13.4. The minimum Gasteiger partial charge on any atom is -0.469 e. The second-order valence-corrected chi connectivity index (χ2v) is 14.4. The molecule has 0 spiro atoms. The molecular weight excluding hydrogens is 699 g/mol. The number of ether oxygens (including phenoxy) is 2. The molecule has 1 aromatic carbocycles. The van der Waals surface area contributed by atoms with Crippen molar-refractivity contribution in [2.45, 2.75) is 107 Å². The average molecular weight is 751 g/mol. The molecule has 0 radical (unpaired) electrons. The average Bonchev–Trinajstić information content (AvgIpc) is 3.69. The number of methoxy groups -OCH3 is 1. The third-order valence-electron chi connectivity index (χ3n) is 8.83. The molecule has 3 rings (SSSR count). The van der Waals surface area contributed by atoms with Crippen molar-refractivity contribution in [3.63, 3.8) is 0 Å². The number of halogens is 1. The molecule has 0 aromatic heterocycles. The van der Waals surface area contributed by atoms with E-state index in [9.17, 15) is 38.0 Å². The van der Waals surface area contributed by atoms with Crippen LogP contribution >= 0.6 is 11.8 Å². The van der Waals surface area contributed by atoms with Gasteiger partial charge in [-0.25, -0.2) is 14.0 Å². The largest absolute Gasteiger partial charge is 0.469 e. The van der Waals surface area contributed by atoms with Crippen LogP contribution in [-0.4, -0.2) is 103 Å². The van der Waals surface area contributed by atoms with Crippen molar-refractivity contribution in [3.8, 4) is 0 Å². The Bertz CT molecular complexity index is 1390. The Morgan fingerprint density at radius 3 is 2.37 bits per heavy atom. The molecule has 1 aromatic rings. The predicted molar refractivity (Wildman–Crippen MR) is 191 cm³/mol. The van der Waals surface area contributed by atoms with Crippen molar-refractivity contribution < 1.29 is 47.4 Å². The molecule has 0 unspecified atom stereocenters. The smallest absolute Gasteiger partial charge is 0.408 e. The summed E-state index contributed by atoms with van der Waals surface area (Å²) in [5.74, 6) is -3.06. The number of alkyl halides is 1. The maximum absolute atomic E-state index is 13.4. The number of hydrogen-bond acceptors (Lipinski definition) is 10. The van der Waals surface area contributed by atoms with E-state index in [1.807, 2.05) is 17.8 Å². The van der Waals surface area contributed by atoms with Crippen LogP contribution in [0.5, 0.6) is 0 Å². The molecule has 2 saturated heterocycles. The molecule has 6 N–H and O–H groups in total. The van der Waals surface area contributed by atoms with Crippen molar-refractivity contribution >= 4 is 53.4 Å². The number of hydrogen-bond donors (Lipinski definition) is 6. The summed E-state index contributed by atoms with van der Waals surface area (Å²) in [5, 5.41) is 16.6. The fourth-order valence-corrected chi connectivity index (χ4v) is 7.43. The quantitative estimate of drug-likeness (QED) is 0.0577. The number of benzene rings is 1. The second-order valence-electron chi connectivity index (χ2n) is 13.1. The van der Waals surface area contributed by atoms with Gasteiger partial charge >= 0.3 is 18.1 Å². The van der Waals surface area contributed by atoms with Gasteiger partial charge in [0.1, 0.15) is 31.4 Å². The lowest BCUT2D eigenvalue weighted by Crippen LogP contribution is -2.57. The minimum atomic E-state index is -1.52. The number of amides is 6. The van der Waals surface area contributed by atoms with Crippen molar-refractivity contribution in [3.05, 3.63) is 35.9 Å². The topological polar surface area (TPSA) is 210 Å². The number of Topliss-reactive ketones (excluding diaryl/α,β-unsaturated/α-hetero) is 1. The lowest BCUT2D eigenvalue weighted by atomic mass is 10.0. The highest BCUT2D eigenvalue weighted by Crippen LogP contribution is 2.33. The molecule has 6 atom stereocenters. The summed E-state index contributed by atoms with van der Waals surface area (Å²) in [6.07, 6.45) is 2.23. The van der Waals surface area contributed by atoms with Crippen LogP contribution in [0.2, 0.25) is 0 Å². The SMILES string of the molecule is COC(=O)C[C@H](NC(=O)[C@H](CCCCNC(=O)CCCC[C@@H]1SC[C@@H]2NC(=O)N[C@@H]21)NC(=O)[C@@H](NC(=O)OCc1ccccc1)C(C)C)C(=O)CF. The van der Waals surface area contributed by atoms with E-state index in [2.05, 4.69) is 36.6 Å². The van der Waals surface area contributed by atoms with Gasteiger partial charge in [0.15, 0.2) is 5.78 Å². The normalized spacial score (nSPS) is 19.2. The van der Waals surface area contributed by atoms with Gasteiger partial charge in [-0.3, -0.25) is 24.0 Å². The van der Waals surface area contributed by atoms with E-state index < -0.39 is 66.8 Å². The van der Waals surface area contributed by atoms with Gasteiger partial charge in [-0.2, -0.15) is 11.8 Å². The van der Waals surface area contributed by atoms with Crippen LogP contribution in [0.25, 0.3) is 0 Å². The number of thioether (sulfide) groups is 1. The number of fused-ring (bicyclic) bond motifs is 1. The molecule has 2 aliphatic rings. The monoisotopic (exact) mass is 750 g/mol. The van der Waals surface area contributed by atoms with Crippen LogP contribution < -0.4 is 31.9 Å². The van der Waals surface area contributed by atoms with Gasteiger partial charge in [0.25, 0.3) is 0 Å². The Balaban J connectivity index is 1.51. The maximum Gasteiger partial charge on any atom is 0.408 e. The molecule has 52 heavy (non-hydrogen) atoms. The Kier molecular flexibility index (Phi) is 17.6. The van der Waals surface area contributed by atoms with Crippen molar-refractivity contribution in [2.24, 2.45) is 5.92 Å². The highest BCUT2D eigenvalue weighted by atomic mass is 32.2. The summed E-state index contributed by atoms with van der Waals surface area (Å²) in [7, 11) is 1.09. The summed E-state index contributed by atoms with van der Waals surface area (Å²) in [4.78, 5) is 87.5. The zero-order valence-electron chi connectivity index (χ0n) is 29.9. The Morgan fingerprint density at radius 2 is 1.67 bits per heavy atom. The first kappa shape index (κ1) is 42.0. The second kappa shape index (κ2) is 21.8. The molecule has 0 aliphatic carbocycles. The van der Waals surface area contributed by atoms with E-state index in [0.29, 0.717) is 37.5 Å². The molecule has 15 nitrogen and oxygen atoms in total. The van der Waals surface area contributed by atoms with E-state index >= 15 is 0 Å². The number of nitrogens with one attached hydrogen (secondary N) is 6. The fraction of sp³-hybridized carbons (Fsp3) is 0.629. The van der Waals surface area contributed by atoms with Crippen LogP contribution in [0.4, 0.5) is 14.0 Å². The van der Waals surface area contributed by atoms with Gasteiger partial charge in [-0.1, -0.05) is 50.6 Å². The standard InChI is InChI=1S/C35H51FN6O9S/c1-21(2)30(42-35(49)51-19-22-11-5-4-6-12-22)33(47)38-23(32(46)39-24(26(43)18-36)17-29(45)50-3)13-9-10-16-37-28(44)15-8-7-14-27-31-25(20-52-27)40-34(48)41-31/h4-6,11-12,21,23-25,27,30-31H,7-10,13-20H2,1-3H3,(H,37,44)(H,38,47)(H,39,46)(H,42,49)(H2,40,41,48)/t23-,24-,25-,27-,30-,31-/m0/s1.